The van der Waals surface area contributed by atoms with Gasteiger partial charge in [-0.2, -0.15) is 0 Å². The molecule has 2 aromatic rings. The number of hydrogen-bond acceptors (Lipinski definition) is 3. The second-order valence-electron chi connectivity index (χ2n) is 5.57. The van der Waals surface area contributed by atoms with Crippen molar-refractivity contribution >= 4 is 56.3 Å². The molecule has 1 heterocycles. The lowest BCUT2D eigenvalue weighted by atomic mass is 10.1. The molecule has 1 saturated heterocycles. The van der Waals surface area contributed by atoms with Gasteiger partial charge in [0.1, 0.15) is 17.3 Å². The van der Waals surface area contributed by atoms with E-state index in [4.69, 9.17) is 44.9 Å². The minimum Gasteiger partial charge on any atom is -0.488 e. The molecule has 25 heavy (non-hydrogen) atoms. The molecule has 3 rings (SSSR count). The van der Waals surface area contributed by atoms with Gasteiger partial charge in [-0.25, -0.2) is 0 Å². The highest BCUT2D eigenvalue weighted by Crippen LogP contribution is 2.28. The van der Waals surface area contributed by atoms with E-state index in [1.165, 1.54) is 0 Å². The Morgan fingerprint density at radius 1 is 1.16 bits per heavy atom. The Morgan fingerprint density at radius 3 is 2.64 bits per heavy atom. The molecule has 1 aliphatic rings. The summed E-state index contributed by atoms with van der Waals surface area (Å²) in [5, 5.41) is 1.19. The molecule has 7 heteroatoms. The molecular weight excluding hydrogens is 445 g/mol. The lowest BCUT2D eigenvalue weighted by Crippen LogP contribution is -2.40. The monoisotopic (exact) mass is 459 g/mol. The molecule has 3 nitrogen and oxygen atoms in total. The molecular formula is C18H16BrCl2NO2S. The van der Waals surface area contributed by atoms with Crippen molar-refractivity contribution in [3.63, 3.8) is 0 Å². The van der Waals surface area contributed by atoms with Crippen LogP contribution < -0.4 is 4.74 Å². The smallest absolute Gasteiger partial charge is 0.130 e. The van der Waals surface area contributed by atoms with E-state index in [0.717, 1.165) is 39.4 Å². The Hall–Kier alpha value is -0.850. The SMILES string of the molecule is S=C(c1cc(Br)ccc1OCc1ccc(Cl)cc1Cl)N1CCOCC1. The van der Waals surface area contributed by atoms with E-state index in [-0.39, 0.29) is 0 Å². The molecule has 0 unspecified atom stereocenters. The number of nitrogens with zero attached hydrogens (tertiary/aromatic N) is 1. The van der Waals surface area contributed by atoms with E-state index < -0.39 is 0 Å². The summed E-state index contributed by atoms with van der Waals surface area (Å²) in [4.78, 5) is 2.91. The van der Waals surface area contributed by atoms with E-state index >= 15 is 0 Å². The number of ether oxygens (including phenoxy) is 2. The van der Waals surface area contributed by atoms with Crippen molar-refractivity contribution in [1.29, 1.82) is 0 Å². The fraction of sp³-hybridized carbons (Fsp3) is 0.278. The first-order valence-corrected chi connectivity index (χ1v) is 9.73. The predicted molar refractivity (Wildman–Crippen MR) is 109 cm³/mol. The minimum atomic E-state index is 0.344. The fourth-order valence-corrected chi connectivity index (χ4v) is 3.69. The van der Waals surface area contributed by atoms with Gasteiger partial charge in [-0.05, 0) is 30.3 Å². The van der Waals surface area contributed by atoms with E-state index in [1.54, 1.807) is 12.1 Å². The third kappa shape index (κ3) is 4.86. The van der Waals surface area contributed by atoms with Crippen LogP contribution in [0.5, 0.6) is 5.75 Å². The number of halogens is 3. The summed E-state index contributed by atoms with van der Waals surface area (Å²) in [6.45, 7) is 3.29. The van der Waals surface area contributed by atoms with Gasteiger partial charge in [0, 0.05) is 33.2 Å². The number of rotatable bonds is 4. The quantitative estimate of drug-likeness (QED) is 0.573. The summed E-state index contributed by atoms with van der Waals surface area (Å²) < 4.78 is 12.4. The van der Waals surface area contributed by atoms with Crippen LogP contribution in [0.4, 0.5) is 0 Å². The van der Waals surface area contributed by atoms with Crippen LogP contribution in [0.2, 0.25) is 10.0 Å². The van der Waals surface area contributed by atoms with Gasteiger partial charge in [0.15, 0.2) is 0 Å². The summed E-state index contributed by atoms with van der Waals surface area (Å²) >= 11 is 21.4. The van der Waals surface area contributed by atoms with Crippen LogP contribution in [0.3, 0.4) is 0 Å². The summed E-state index contributed by atoms with van der Waals surface area (Å²) in [6.07, 6.45) is 0. The lowest BCUT2D eigenvalue weighted by Gasteiger charge is -2.30. The Morgan fingerprint density at radius 2 is 1.92 bits per heavy atom. The van der Waals surface area contributed by atoms with Gasteiger partial charge in [-0.1, -0.05) is 57.4 Å². The van der Waals surface area contributed by atoms with E-state index in [2.05, 4.69) is 20.8 Å². The topological polar surface area (TPSA) is 21.7 Å². The van der Waals surface area contributed by atoms with Crippen molar-refractivity contribution in [3.05, 3.63) is 62.0 Å². The molecule has 0 aromatic heterocycles. The van der Waals surface area contributed by atoms with Gasteiger partial charge in [0.25, 0.3) is 0 Å². The molecule has 1 fully saturated rings. The fourth-order valence-electron chi connectivity index (χ4n) is 2.53. The van der Waals surface area contributed by atoms with Crippen LogP contribution in [0.15, 0.2) is 40.9 Å². The first kappa shape index (κ1) is 18.9. The number of thiocarbonyl (C=S) groups is 1. The lowest BCUT2D eigenvalue weighted by molar-refractivity contribution is 0.0692. The summed E-state index contributed by atoms with van der Waals surface area (Å²) in [5.41, 5.74) is 1.76. The number of hydrogen-bond donors (Lipinski definition) is 0. The second kappa shape index (κ2) is 8.69. The third-order valence-electron chi connectivity index (χ3n) is 3.87. The predicted octanol–water partition coefficient (Wildman–Crippen LogP) is 5.34. The molecule has 0 radical (unpaired) electrons. The van der Waals surface area contributed by atoms with Gasteiger partial charge in [-0.3, -0.25) is 0 Å². The third-order valence-corrected chi connectivity index (χ3v) is 5.43. The number of morpholine rings is 1. The van der Waals surface area contributed by atoms with Gasteiger partial charge >= 0.3 is 0 Å². The van der Waals surface area contributed by atoms with Crippen molar-refractivity contribution in [1.82, 2.24) is 4.90 Å². The summed E-state index contributed by atoms with van der Waals surface area (Å²) in [7, 11) is 0. The Labute approximate surface area is 170 Å². The summed E-state index contributed by atoms with van der Waals surface area (Å²) in [6, 6.07) is 11.2. The zero-order valence-corrected chi connectivity index (χ0v) is 17.2. The zero-order chi connectivity index (χ0) is 17.8. The number of benzene rings is 2. The summed E-state index contributed by atoms with van der Waals surface area (Å²) in [5.74, 6) is 0.728. The highest BCUT2D eigenvalue weighted by atomic mass is 79.9. The molecule has 1 aliphatic heterocycles. The van der Waals surface area contributed by atoms with E-state index in [0.29, 0.717) is 29.9 Å². The maximum Gasteiger partial charge on any atom is 0.130 e. The Kier molecular flexibility index (Phi) is 6.58. The molecule has 2 aromatic carbocycles. The molecule has 0 N–H and O–H groups in total. The van der Waals surface area contributed by atoms with Crippen LogP contribution >= 0.6 is 51.3 Å². The second-order valence-corrected chi connectivity index (χ2v) is 7.72. The van der Waals surface area contributed by atoms with Crippen molar-refractivity contribution in [3.8, 4) is 5.75 Å². The molecule has 0 atom stereocenters. The Bertz CT molecular complexity index is 782. The first-order valence-electron chi connectivity index (χ1n) is 7.78. The molecule has 132 valence electrons. The first-order chi connectivity index (χ1) is 12.0. The van der Waals surface area contributed by atoms with E-state index in [9.17, 15) is 0 Å². The van der Waals surface area contributed by atoms with Crippen molar-refractivity contribution in [2.24, 2.45) is 0 Å². The Balaban J connectivity index is 1.80. The van der Waals surface area contributed by atoms with Gasteiger partial charge in [0.05, 0.1) is 18.8 Å². The van der Waals surface area contributed by atoms with Crippen molar-refractivity contribution in [2.75, 3.05) is 26.3 Å². The van der Waals surface area contributed by atoms with Crippen LogP contribution in [-0.2, 0) is 11.3 Å². The van der Waals surface area contributed by atoms with Crippen LogP contribution in [-0.4, -0.2) is 36.2 Å². The average molecular weight is 461 g/mol. The zero-order valence-electron chi connectivity index (χ0n) is 13.3. The van der Waals surface area contributed by atoms with Crippen LogP contribution in [0.1, 0.15) is 11.1 Å². The maximum atomic E-state index is 6.23. The van der Waals surface area contributed by atoms with Crippen molar-refractivity contribution in [2.45, 2.75) is 6.61 Å². The van der Waals surface area contributed by atoms with Crippen LogP contribution in [0, 0.1) is 0 Å². The molecule has 0 saturated carbocycles. The standard InChI is InChI=1S/C18H16BrCl2NO2S/c19-13-2-4-17(24-11-12-1-3-14(20)10-16(12)21)15(9-13)18(25)22-5-7-23-8-6-22/h1-4,9-10H,5-8,11H2. The van der Waals surface area contributed by atoms with Gasteiger partial charge in [0.2, 0.25) is 0 Å². The highest BCUT2D eigenvalue weighted by Gasteiger charge is 2.19. The van der Waals surface area contributed by atoms with Crippen LogP contribution in [0.25, 0.3) is 0 Å². The maximum absolute atomic E-state index is 6.23. The molecule has 0 bridgehead atoms. The van der Waals surface area contributed by atoms with Gasteiger partial charge in [-0.15, -0.1) is 0 Å². The van der Waals surface area contributed by atoms with E-state index in [1.807, 2.05) is 24.3 Å². The minimum absolute atomic E-state index is 0.344. The van der Waals surface area contributed by atoms with Crippen molar-refractivity contribution < 1.29 is 9.47 Å². The van der Waals surface area contributed by atoms with Gasteiger partial charge < -0.3 is 14.4 Å². The molecule has 0 aliphatic carbocycles. The normalized spacial score (nSPS) is 14.4. The highest BCUT2D eigenvalue weighted by molar-refractivity contribution is 9.10. The largest absolute Gasteiger partial charge is 0.488 e. The molecule has 0 spiro atoms. The average Bonchev–Trinajstić information content (AvgIpc) is 2.62. The molecule has 0 amide bonds.